The minimum absolute atomic E-state index is 0.190. The molecular weight excluding hydrogens is 280 g/mol. The molecule has 1 amide bonds. The monoisotopic (exact) mass is 306 g/mol. The van der Waals surface area contributed by atoms with Gasteiger partial charge in [-0.3, -0.25) is 9.69 Å². The zero-order valence-corrected chi connectivity index (χ0v) is 14.3. The van der Waals surface area contributed by atoms with Gasteiger partial charge in [0.1, 0.15) is 6.04 Å². The van der Waals surface area contributed by atoms with Gasteiger partial charge in [0.25, 0.3) is 0 Å². The van der Waals surface area contributed by atoms with Crippen LogP contribution < -0.4 is 0 Å². The first-order valence-corrected chi connectivity index (χ1v) is 8.73. The van der Waals surface area contributed by atoms with E-state index in [0.29, 0.717) is 6.04 Å². The fourth-order valence-corrected chi connectivity index (χ4v) is 3.94. The first-order chi connectivity index (χ1) is 10.0. The molecule has 0 N–H and O–H groups in total. The predicted molar refractivity (Wildman–Crippen MR) is 90.7 cm³/mol. The standard InChI is InChI=1S/C17H26N2OS/c1-13-5-7-14(8-6-13)16(18(2)3)17(20)19(4)15-9-11-21-12-10-15/h5-8,15-16H,9-12H2,1-4H3/t16-/m1/s1. The van der Waals surface area contributed by atoms with Crippen LogP contribution in [0.3, 0.4) is 0 Å². The first kappa shape index (κ1) is 16.4. The summed E-state index contributed by atoms with van der Waals surface area (Å²) in [6.45, 7) is 2.07. The van der Waals surface area contributed by atoms with Gasteiger partial charge in [0.05, 0.1) is 0 Å². The topological polar surface area (TPSA) is 23.6 Å². The van der Waals surface area contributed by atoms with Crippen molar-refractivity contribution in [3.63, 3.8) is 0 Å². The van der Waals surface area contributed by atoms with Gasteiger partial charge in [-0.05, 0) is 50.9 Å². The third-order valence-electron chi connectivity index (χ3n) is 4.23. The van der Waals surface area contributed by atoms with Crippen molar-refractivity contribution in [3.8, 4) is 0 Å². The molecule has 0 unspecified atom stereocenters. The van der Waals surface area contributed by atoms with E-state index in [1.165, 1.54) is 17.1 Å². The van der Waals surface area contributed by atoms with Crippen molar-refractivity contribution in [2.24, 2.45) is 0 Å². The molecule has 1 heterocycles. The van der Waals surface area contributed by atoms with Crippen LogP contribution in [0.1, 0.15) is 30.0 Å². The van der Waals surface area contributed by atoms with Gasteiger partial charge >= 0.3 is 0 Å². The van der Waals surface area contributed by atoms with E-state index in [9.17, 15) is 4.79 Å². The Morgan fingerprint density at radius 2 is 1.71 bits per heavy atom. The summed E-state index contributed by atoms with van der Waals surface area (Å²) in [5, 5.41) is 0. The molecule has 1 saturated heterocycles. The van der Waals surface area contributed by atoms with Crippen LogP contribution >= 0.6 is 11.8 Å². The average molecular weight is 306 g/mol. The molecule has 116 valence electrons. The van der Waals surface area contributed by atoms with Crippen molar-refractivity contribution in [1.29, 1.82) is 0 Å². The summed E-state index contributed by atoms with van der Waals surface area (Å²) >= 11 is 1.99. The molecule has 0 saturated carbocycles. The molecule has 0 aromatic heterocycles. The molecule has 1 aliphatic heterocycles. The largest absolute Gasteiger partial charge is 0.341 e. The maximum absolute atomic E-state index is 12.9. The zero-order valence-electron chi connectivity index (χ0n) is 13.5. The van der Waals surface area contributed by atoms with Gasteiger partial charge < -0.3 is 4.90 Å². The SMILES string of the molecule is Cc1ccc([C@H](C(=O)N(C)C2CCSCC2)N(C)C)cc1. The Morgan fingerprint density at radius 1 is 1.14 bits per heavy atom. The van der Waals surface area contributed by atoms with E-state index < -0.39 is 0 Å². The molecule has 1 aliphatic rings. The van der Waals surface area contributed by atoms with E-state index in [-0.39, 0.29) is 11.9 Å². The highest BCUT2D eigenvalue weighted by molar-refractivity contribution is 7.99. The molecule has 4 heteroatoms. The lowest BCUT2D eigenvalue weighted by Gasteiger charge is -2.35. The van der Waals surface area contributed by atoms with Crippen LogP contribution in [0.25, 0.3) is 0 Å². The van der Waals surface area contributed by atoms with Gasteiger partial charge in [-0.15, -0.1) is 0 Å². The number of amides is 1. The molecule has 1 atom stereocenters. The van der Waals surface area contributed by atoms with Gasteiger partial charge in [0, 0.05) is 13.1 Å². The van der Waals surface area contributed by atoms with Crippen molar-refractivity contribution in [3.05, 3.63) is 35.4 Å². The Hall–Kier alpha value is -1.00. The van der Waals surface area contributed by atoms with E-state index in [2.05, 4.69) is 31.2 Å². The molecule has 3 nitrogen and oxygen atoms in total. The molecule has 0 bridgehead atoms. The molecular formula is C17H26N2OS. The lowest BCUT2D eigenvalue weighted by atomic mass is 10.0. The Labute approximate surface area is 132 Å². The first-order valence-electron chi connectivity index (χ1n) is 7.58. The molecule has 2 rings (SSSR count). The van der Waals surface area contributed by atoms with Crippen molar-refractivity contribution in [2.45, 2.75) is 31.8 Å². The Balaban J connectivity index is 2.16. The number of thioether (sulfide) groups is 1. The maximum Gasteiger partial charge on any atom is 0.244 e. The number of rotatable bonds is 4. The number of nitrogens with zero attached hydrogens (tertiary/aromatic N) is 2. The summed E-state index contributed by atoms with van der Waals surface area (Å²) in [5.41, 5.74) is 2.30. The third kappa shape index (κ3) is 4.01. The highest BCUT2D eigenvalue weighted by Crippen LogP contribution is 2.26. The summed E-state index contributed by atoms with van der Waals surface area (Å²) in [6, 6.07) is 8.51. The minimum atomic E-state index is -0.190. The molecule has 1 fully saturated rings. The van der Waals surface area contributed by atoms with Crippen LogP contribution in [-0.2, 0) is 4.79 Å². The number of hydrogen-bond acceptors (Lipinski definition) is 3. The number of benzene rings is 1. The zero-order chi connectivity index (χ0) is 15.4. The second-order valence-electron chi connectivity index (χ2n) is 6.07. The minimum Gasteiger partial charge on any atom is -0.341 e. The number of aryl methyl sites for hydroxylation is 1. The second kappa shape index (κ2) is 7.32. The van der Waals surface area contributed by atoms with Crippen LogP contribution in [0.2, 0.25) is 0 Å². The Kier molecular flexibility index (Phi) is 5.71. The molecule has 0 aliphatic carbocycles. The number of carbonyl (C=O) groups is 1. The smallest absolute Gasteiger partial charge is 0.244 e. The van der Waals surface area contributed by atoms with Gasteiger partial charge in [-0.2, -0.15) is 11.8 Å². The molecule has 1 aromatic carbocycles. The van der Waals surface area contributed by atoms with Gasteiger partial charge in [-0.25, -0.2) is 0 Å². The summed E-state index contributed by atoms with van der Waals surface area (Å²) < 4.78 is 0. The number of carbonyl (C=O) groups excluding carboxylic acids is 1. The van der Waals surface area contributed by atoms with E-state index in [4.69, 9.17) is 0 Å². The predicted octanol–water partition coefficient (Wildman–Crippen LogP) is 2.95. The van der Waals surface area contributed by atoms with E-state index in [1.807, 2.05) is 42.7 Å². The van der Waals surface area contributed by atoms with E-state index in [0.717, 1.165) is 18.4 Å². The lowest BCUT2D eigenvalue weighted by molar-refractivity contribution is -0.137. The van der Waals surface area contributed by atoms with Crippen LogP contribution in [0, 0.1) is 6.92 Å². The summed E-state index contributed by atoms with van der Waals surface area (Å²) in [4.78, 5) is 16.9. The van der Waals surface area contributed by atoms with Crippen molar-refractivity contribution in [2.75, 3.05) is 32.6 Å². The van der Waals surface area contributed by atoms with Gasteiger partial charge in [0.15, 0.2) is 0 Å². The van der Waals surface area contributed by atoms with Gasteiger partial charge in [0.2, 0.25) is 5.91 Å². The highest BCUT2D eigenvalue weighted by Gasteiger charge is 2.30. The molecule has 1 aromatic rings. The lowest BCUT2D eigenvalue weighted by Crippen LogP contribution is -2.45. The van der Waals surface area contributed by atoms with Gasteiger partial charge in [-0.1, -0.05) is 29.8 Å². The fourth-order valence-electron chi connectivity index (χ4n) is 2.86. The van der Waals surface area contributed by atoms with E-state index in [1.54, 1.807) is 0 Å². The molecule has 0 spiro atoms. The number of hydrogen-bond donors (Lipinski definition) is 0. The fraction of sp³-hybridized carbons (Fsp3) is 0.588. The summed E-state index contributed by atoms with van der Waals surface area (Å²) in [5.74, 6) is 2.54. The van der Waals surface area contributed by atoms with Crippen molar-refractivity contribution < 1.29 is 4.79 Å². The van der Waals surface area contributed by atoms with Crippen LogP contribution in [0.4, 0.5) is 0 Å². The van der Waals surface area contributed by atoms with Crippen LogP contribution in [0.5, 0.6) is 0 Å². The summed E-state index contributed by atoms with van der Waals surface area (Å²) in [7, 11) is 5.92. The Bertz CT molecular complexity index is 466. The van der Waals surface area contributed by atoms with Crippen LogP contribution in [-0.4, -0.2) is 54.4 Å². The normalized spacial score (nSPS) is 17.8. The molecule has 0 radical (unpaired) electrons. The molecule has 21 heavy (non-hydrogen) atoms. The quantitative estimate of drug-likeness (QED) is 0.854. The second-order valence-corrected chi connectivity index (χ2v) is 7.29. The van der Waals surface area contributed by atoms with E-state index >= 15 is 0 Å². The van der Waals surface area contributed by atoms with Crippen molar-refractivity contribution >= 4 is 17.7 Å². The number of likely N-dealkylation sites (N-methyl/N-ethyl adjacent to an activating group) is 2. The Morgan fingerprint density at radius 3 is 2.24 bits per heavy atom. The third-order valence-corrected chi connectivity index (χ3v) is 5.28. The average Bonchev–Trinajstić information content (AvgIpc) is 2.49. The van der Waals surface area contributed by atoms with Crippen LogP contribution in [0.15, 0.2) is 24.3 Å². The maximum atomic E-state index is 12.9. The highest BCUT2D eigenvalue weighted by atomic mass is 32.2. The van der Waals surface area contributed by atoms with Crippen molar-refractivity contribution in [1.82, 2.24) is 9.80 Å². The summed E-state index contributed by atoms with van der Waals surface area (Å²) in [6.07, 6.45) is 2.22.